The van der Waals surface area contributed by atoms with Crippen LogP contribution in [0, 0.1) is 3.57 Å². The lowest BCUT2D eigenvalue weighted by Gasteiger charge is -2.20. The van der Waals surface area contributed by atoms with Crippen molar-refractivity contribution in [2.45, 2.75) is 26.4 Å². The number of methoxy groups -OCH3 is 1. The maximum absolute atomic E-state index is 14.7. The number of hydrogen-bond acceptors (Lipinski definition) is 7. The van der Waals surface area contributed by atoms with Gasteiger partial charge in [0.2, 0.25) is 5.43 Å². The molecule has 0 spiro atoms. The molecule has 0 N–H and O–H groups in total. The van der Waals surface area contributed by atoms with Crippen LogP contribution in [0.4, 0.5) is 0 Å². The minimum Gasteiger partial charge on any atom is -0.493 e. The molecule has 0 radical (unpaired) electrons. The molecule has 0 unspecified atom stereocenters. The van der Waals surface area contributed by atoms with Crippen molar-refractivity contribution in [3.8, 4) is 39.9 Å². The van der Waals surface area contributed by atoms with Crippen molar-refractivity contribution in [1.82, 2.24) is 0 Å². The molecule has 1 heterocycles. The number of rotatable bonds is 14. The van der Waals surface area contributed by atoms with E-state index in [1.54, 1.807) is 25.3 Å². The highest BCUT2D eigenvalue weighted by Crippen LogP contribution is 2.46. The van der Waals surface area contributed by atoms with Gasteiger partial charge >= 0.3 is 0 Å². The van der Waals surface area contributed by atoms with Crippen LogP contribution < -0.4 is 29.1 Å². The number of hydrogen-bond donors (Lipinski definition) is 0. The summed E-state index contributed by atoms with van der Waals surface area (Å²) in [6.45, 7) is 1.17. The predicted molar refractivity (Wildman–Crippen MR) is 210 cm³/mol. The Morgan fingerprint density at radius 2 is 1.02 bits per heavy atom. The highest BCUT2D eigenvalue weighted by atomic mass is 127. The zero-order valence-electron chi connectivity index (χ0n) is 28.4. The van der Waals surface area contributed by atoms with E-state index in [1.165, 1.54) is 6.26 Å². The third-order valence-corrected chi connectivity index (χ3v) is 9.38. The van der Waals surface area contributed by atoms with Gasteiger partial charge in [-0.05, 0) is 50.9 Å². The average Bonchev–Trinajstić information content (AvgIpc) is 3.19. The lowest BCUT2D eigenvalue weighted by molar-refractivity contribution is 0.271. The van der Waals surface area contributed by atoms with Gasteiger partial charge in [0, 0.05) is 17.7 Å². The molecule has 7 rings (SSSR count). The van der Waals surface area contributed by atoms with Crippen LogP contribution in [0.15, 0.2) is 155 Å². The second-order valence-corrected chi connectivity index (χ2v) is 13.0. The van der Waals surface area contributed by atoms with Gasteiger partial charge in [0.25, 0.3) is 0 Å². The summed E-state index contributed by atoms with van der Waals surface area (Å²) in [4.78, 5) is 14.7. The van der Waals surface area contributed by atoms with E-state index in [0.717, 1.165) is 22.3 Å². The van der Waals surface area contributed by atoms with Crippen molar-refractivity contribution < 1.29 is 28.1 Å². The lowest BCUT2D eigenvalue weighted by atomic mass is 10.0. The van der Waals surface area contributed by atoms with Gasteiger partial charge in [-0.2, -0.15) is 0 Å². The van der Waals surface area contributed by atoms with Crippen LogP contribution in [0.2, 0.25) is 0 Å². The third kappa shape index (κ3) is 8.08. The maximum atomic E-state index is 14.7. The number of benzene rings is 6. The Balaban J connectivity index is 1.32. The number of ether oxygens (including phenoxy) is 5. The molecule has 52 heavy (non-hydrogen) atoms. The van der Waals surface area contributed by atoms with E-state index < -0.39 is 0 Å². The van der Waals surface area contributed by atoms with Crippen molar-refractivity contribution in [3.63, 3.8) is 0 Å². The smallest absolute Gasteiger partial charge is 0.204 e. The zero-order valence-corrected chi connectivity index (χ0v) is 30.6. The van der Waals surface area contributed by atoms with Crippen LogP contribution in [0.1, 0.15) is 22.3 Å². The Morgan fingerprint density at radius 3 is 1.54 bits per heavy atom. The first-order valence-corrected chi connectivity index (χ1v) is 17.8. The average molecular weight is 803 g/mol. The minimum absolute atomic E-state index is 0.242. The molecular formula is C44H35IO7. The first kappa shape index (κ1) is 34.7. The summed E-state index contributed by atoms with van der Waals surface area (Å²) in [5.74, 6) is 2.28. The molecule has 7 nitrogen and oxygen atoms in total. The van der Waals surface area contributed by atoms with E-state index in [-0.39, 0.29) is 29.6 Å². The van der Waals surface area contributed by atoms with Gasteiger partial charge in [-0.3, -0.25) is 4.79 Å². The molecule has 0 aliphatic rings. The molecule has 1 aromatic heterocycles. The fourth-order valence-corrected chi connectivity index (χ4v) is 6.60. The Hall–Kier alpha value is -5.74. The molecule has 0 amide bonds. The van der Waals surface area contributed by atoms with Crippen molar-refractivity contribution in [2.75, 3.05) is 7.11 Å². The molecule has 7 aromatic rings. The summed E-state index contributed by atoms with van der Waals surface area (Å²) in [5.41, 5.74) is 4.75. The summed E-state index contributed by atoms with van der Waals surface area (Å²) >= 11 is 2.20. The molecule has 0 saturated carbocycles. The molecule has 0 fully saturated rings. The van der Waals surface area contributed by atoms with Crippen molar-refractivity contribution in [3.05, 3.63) is 182 Å². The summed E-state index contributed by atoms with van der Waals surface area (Å²) in [6, 6.07) is 44.6. The van der Waals surface area contributed by atoms with Gasteiger partial charge < -0.3 is 28.1 Å². The summed E-state index contributed by atoms with van der Waals surface area (Å²) in [6.07, 6.45) is 1.46. The van der Waals surface area contributed by atoms with Gasteiger partial charge in [0.1, 0.15) is 64.5 Å². The van der Waals surface area contributed by atoms with Crippen LogP contribution in [0.5, 0.6) is 28.7 Å². The molecule has 0 aliphatic heterocycles. The van der Waals surface area contributed by atoms with Crippen LogP contribution in [-0.4, -0.2) is 7.11 Å². The first-order chi connectivity index (χ1) is 25.6. The first-order valence-electron chi connectivity index (χ1n) is 16.7. The SMILES string of the molecule is COc1cc(-c2coc3cc(OCc4ccccc4)cc(OCc4ccccc4)c3c2=O)c(OCc2ccccc2)c(I)c1OCc1ccccc1. The normalized spacial score (nSPS) is 10.9. The quantitative estimate of drug-likeness (QED) is 0.101. The maximum Gasteiger partial charge on any atom is 0.204 e. The molecule has 260 valence electrons. The molecule has 0 atom stereocenters. The second kappa shape index (κ2) is 16.5. The topological polar surface area (TPSA) is 76.4 Å². The summed E-state index contributed by atoms with van der Waals surface area (Å²) in [5, 5.41) is 0.285. The van der Waals surface area contributed by atoms with Gasteiger partial charge in [-0.15, -0.1) is 0 Å². The Bertz CT molecular complexity index is 2310. The predicted octanol–water partition coefficient (Wildman–Crippen LogP) is 10.4. The lowest BCUT2D eigenvalue weighted by Crippen LogP contribution is -2.10. The summed E-state index contributed by atoms with van der Waals surface area (Å²) in [7, 11) is 1.57. The van der Waals surface area contributed by atoms with E-state index in [0.29, 0.717) is 56.7 Å². The van der Waals surface area contributed by atoms with Gasteiger partial charge in [0.05, 0.1) is 12.7 Å². The highest BCUT2D eigenvalue weighted by Gasteiger charge is 2.25. The van der Waals surface area contributed by atoms with Crippen LogP contribution in [-0.2, 0) is 26.4 Å². The zero-order chi connectivity index (χ0) is 35.7. The van der Waals surface area contributed by atoms with Crippen molar-refractivity contribution in [2.24, 2.45) is 0 Å². The number of fused-ring (bicyclic) bond motifs is 1. The summed E-state index contributed by atoms with van der Waals surface area (Å²) < 4.78 is 38.1. The monoisotopic (exact) mass is 802 g/mol. The minimum atomic E-state index is -0.292. The van der Waals surface area contributed by atoms with E-state index in [9.17, 15) is 4.79 Å². The Labute approximate surface area is 315 Å². The standard InChI is InChI=1S/C44H35IO7/c1-47-39-24-35(43(51-27-32-18-10-4-11-19-32)41(45)44(39)52-28-33-20-12-5-13-21-33)36-29-50-38-23-34(48-25-30-14-6-2-7-15-30)22-37(40(38)42(36)46)49-26-31-16-8-3-9-17-31/h2-24,29H,25-28H2,1H3. The van der Waals surface area contributed by atoms with Crippen molar-refractivity contribution >= 4 is 33.6 Å². The molecule has 0 bridgehead atoms. The van der Waals surface area contributed by atoms with E-state index in [1.807, 2.05) is 121 Å². The highest BCUT2D eigenvalue weighted by molar-refractivity contribution is 14.1. The van der Waals surface area contributed by atoms with E-state index in [4.69, 9.17) is 28.1 Å². The molecular weight excluding hydrogens is 767 g/mol. The van der Waals surface area contributed by atoms with E-state index in [2.05, 4.69) is 22.6 Å². The van der Waals surface area contributed by atoms with Crippen molar-refractivity contribution in [1.29, 1.82) is 0 Å². The van der Waals surface area contributed by atoms with Gasteiger partial charge in [0.15, 0.2) is 11.5 Å². The molecule has 8 heteroatoms. The fourth-order valence-electron chi connectivity index (χ4n) is 5.73. The van der Waals surface area contributed by atoms with Crippen LogP contribution in [0.3, 0.4) is 0 Å². The molecule has 0 saturated heterocycles. The molecule has 6 aromatic carbocycles. The Kier molecular flexibility index (Phi) is 11.0. The van der Waals surface area contributed by atoms with Crippen LogP contribution in [0.25, 0.3) is 22.1 Å². The molecule has 0 aliphatic carbocycles. The van der Waals surface area contributed by atoms with Gasteiger partial charge in [-0.25, -0.2) is 0 Å². The van der Waals surface area contributed by atoms with Crippen LogP contribution >= 0.6 is 22.6 Å². The second-order valence-electron chi connectivity index (χ2n) is 12.0. The van der Waals surface area contributed by atoms with E-state index >= 15 is 0 Å². The fraction of sp³-hybridized carbons (Fsp3) is 0.114. The Morgan fingerprint density at radius 1 is 0.538 bits per heavy atom. The number of halogens is 1. The van der Waals surface area contributed by atoms with Gasteiger partial charge in [-0.1, -0.05) is 121 Å². The third-order valence-electron chi connectivity index (χ3n) is 8.41. The largest absolute Gasteiger partial charge is 0.493 e.